The van der Waals surface area contributed by atoms with Crippen LogP contribution in [-0.4, -0.2) is 55.6 Å². The molecule has 2 aromatic carbocycles. The number of piperidine rings is 1. The zero-order valence-electron chi connectivity index (χ0n) is 23.9. The maximum Gasteiger partial charge on any atom is 0.254 e. The molecule has 9 nitrogen and oxygen atoms in total. The first kappa shape index (κ1) is 25.3. The Morgan fingerprint density at radius 3 is 2.67 bits per heavy atom. The van der Waals surface area contributed by atoms with Gasteiger partial charge in [-0.3, -0.25) is 9.78 Å². The van der Waals surface area contributed by atoms with Gasteiger partial charge in [0, 0.05) is 55.4 Å². The average Bonchev–Trinajstić information content (AvgIpc) is 3.42. The number of rotatable bonds is 7. The van der Waals surface area contributed by atoms with Gasteiger partial charge in [-0.15, -0.1) is 0 Å². The SMILES string of the molecule is COc1cc(C(=O)N2C[C@H]3CC[C@@H]2[C@@H]3N)cc2nc(-c3cc4ccc(Oc5cccnc5)cc4n3CC3CC3)n(C)c12. The number of amides is 1. The number of nitrogens with zero attached hydrogens (tertiary/aromatic N) is 5. The Morgan fingerprint density at radius 1 is 1.07 bits per heavy atom. The highest BCUT2D eigenvalue weighted by Gasteiger charge is 2.47. The Labute approximate surface area is 243 Å². The second kappa shape index (κ2) is 9.59. The zero-order chi connectivity index (χ0) is 28.5. The van der Waals surface area contributed by atoms with Crippen LogP contribution in [0.25, 0.3) is 33.5 Å². The summed E-state index contributed by atoms with van der Waals surface area (Å²) < 4.78 is 16.4. The molecule has 3 aromatic heterocycles. The maximum atomic E-state index is 13.7. The smallest absolute Gasteiger partial charge is 0.254 e. The van der Waals surface area contributed by atoms with E-state index in [1.54, 1.807) is 19.5 Å². The van der Waals surface area contributed by atoms with E-state index in [2.05, 4.69) is 32.3 Å². The van der Waals surface area contributed by atoms with Crippen molar-refractivity contribution in [3.8, 4) is 28.8 Å². The van der Waals surface area contributed by atoms with Crippen LogP contribution in [0.1, 0.15) is 36.0 Å². The number of carbonyl (C=O) groups excluding carboxylic acids is 1. The Bertz CT molecular complexity index is 1840. The van der Waals surface area contributed by atoms with Gasteiger partial charge < -0.3 is 29.2 Å². The number of aryl methyl sites for hydroxylation is 1. The molecule has 5 aromatic rings. The molecule has 2 N–H and O–H groups in total. The first-order chi connectivity index (χ1) is 20.5. The van der Waals surface area contributed by atoms with E-state index < -0.39 is 0 Å². The third-order valence-electron chi connectivity index (χ3n) is 9.43. The maximum absolute atomic E-state index is 13.7. The highest BCUT2D eigenvalue weighted by Crippen LogP contribution is 2.41. The molecule has 2 saturated carbocycles. The van der Waals surface area contributed by atoms with Gasteiger partial charge in [0.1, 0.15) is 22.8 Å². The van der Waals surface area contributed by atoms with E-state index in [1.165, 1.54) is 12.8 Å². The van der Waals surface area contributed by atoms with Gasteiger partial charge in [-0.25, -0.2) is 4.98 Å². The minimum absolute atomic E-state index is 0.00838. The van der Waals surface area contributed by atoms with E-state index >= 15 is 0 Å². The summed E-state index contributed by atoms with van der Waals surface area (Å²) >= 11 is 0. The monoisotopic (exact) mass is 562 g/mol. The topological polar surface area (TPSA) is 100 Å². The minimum Gasteiger partial charge on any atom is -0.494 e. The molecule has 1 amide bonds. The van der Waals surface area contributed by atoms with Crippen molar-refractivity contribution in [3.05, 3.63) is 66.5 Å². The lowest BCUT2D eigenvalue weighted by molar-refractivity contribution is 0.0700. The van der Waals surface area contributed by atoms with Crippen LogP contribution in [0, 0.1) is 11.8 Å². The molecule has 0 radical (unpaired) electrons. The Balaban J connectivity index is 1.21. The zero-order valence-corrected chi connectivity index (χ0v) is 23.9. The minimum atomic E-state index is 0.00838. The van der Waals surface area contributed by atoms with Crippen LogP contribution < -0.4 is 15.2 Å². The molecule has 0 unspecified atom stereocenters. The van der Waals surface area contributed by atoms with Gasteiger partial charge in [-0.05, 0) is 80.0 Å². The quantitative estimate of drug-likeness (QED) is 0.287. The molecule has 1 aliphatic heterocycles. The molecule has 42 heavy (non-hydrogen) atoms. The number of fused-ring (bicyclic) bond motifs is 4. The van der Waals surface area contributed by atoms with Gasteiger partial charge in [0.2, 0.25) is 0 Å². The van der Waals surface area contributed by atoms with E-state index in [-0.39, 0.29) is 18.0 Å². The summed E-state index contributed by atoms with van der Waals surface area (Å²) in [6, 6.07) is 16.1. The Hall–Kier alpha value is -4.37. The number of aromatic nitrogens is 4. The van der Waals surface area contributed by atoms with E-state index in [4.69, 9.17) is 20.2 Å². The van der Waals surface area contributed by atoms with Gasteiger partial charge in [0.25, 0.3) is 5.91 Å². The van der Waals surface area contributed by atoms with Gasteiger partial charge in [0.05, 0.1) is 30.0 Å². The summed E-state index contributed by atoms with van der Waals surface area (Å²) in [7, 11) is 3.67. The number of likely N-dealkylation sites (tertiary alicyclic amines) is 1. The van der Waals surface area contributed by atoms with E-state index in [0.29, 0.717) is 28.9 Å². The predicted molar refractivity (Wildman–Crippen MR) is 161 cm³/mol. The van der Waals surface area contributed by atoms with E-state index in [1.807, 2.05) is 42.3 Å². The van der Waals surface area contributed by atoms with Crippen LogP contribution in [-0.2, 0) is 13.6 Å². The molecule has 9 heteroatoms. The molecular formula is C33H34N6O3. The largest absolute Gasteiger partial charge is 0.494 e. The summed E-state index contributed by atoms with van der Waals surface area (Å²) in [5.41, 5.74) is 10.8. The lowest BCUT2D eigenvalue weighted by atomic mass is 10.1. The third kappa shape index (κ3) is 4.06. The Kier molecular flexibility index (Phi) is 5.79. The second-order valence-electron chi connectivity index (χ2n) is 12.1. The molecule has 2 bridgehead atoms. The summed E-state index contributed by atoms with van der Waals surface area (Å²) in [6.07, 6.45) is 8.00. The van der Waals surface area contributed by atoms with E-state index in [9.17, 15) is 4.79 Å². The number of benzene rings is 2. The van der Waals surface area contributed by atoms with Crippen LogP contribution >= 0.6 is 0 Å². The van der Waals surface area contributed by atoms with Crippen molar-refractivity contribution in [3.63, 3.8) is 0 Å². The normalized spacial score (nSPS) is 21.5. The third-order valence-corrected chi connectivity index (χ3v) is 9.43. The summed E-state index contributed by atoms with van der Waals surface area (Å²) in [5, 5.41) is 1.12. The average molecular weight is 563 g/mol. The Morgan fingerprint density at radius 2 is 1.95 bits per heavy atom. The molecule has 2 aliphatic carbocycles. The number of nitrogens with two attached hydrogens (primary N) is 1. The molecule has 4 heterocycles. The molecule has 0 spiro atoms. The fourth-order valence-electron chi connectivity index (χ4n) is 7.05. The lowest BCUT2D eigenvalue weighted by Gasteiger charge is -2.27. The molecule has 3 aliphatic rings. The van der Waals surface area contributed by atoms with Gasteiger partial charge in [0.15, 0.2) is 5.82 Å². The molecule has 8 rings (SSSR count). The number of methoxy groups -OCH3 is 1. The summed E-state index contributed by atoms with van der Waals surface area (Å²) in [6.45, 7) is 1.64. The fourth-order valence-corrected chi connectivity index (χ4v) is 7.05. The number of hydrogen-bond acceptors (Lipinski definition) is 6. The van der Waals surface area contributed by atoms with Gasteiger partial charge >= 0.3 is 0 Å². The van der Waals surface area contributed by atoms with Crippen molar-refractivity contribution in [1.82, 2.24) is 24.0 Å². The van der Waals surface area contributed by atoms with Crippen LogP contribution in [0.3, 0.4) is 0 Å². The van der Waals surface area contributed by atoms with Crippen LogP contribution in [0.4, 0.5) is 0 Å². The van der Waals surface area contributed by atoms with Crippen molar-refractivity contribution in [2.24, 2.45) is 24.6 Å². The number of hydrogen-bond donors (Lipinski definition) is 1. The number of ether oxygens (including phenoxy) is 2. The molecule has 1 saturated heterocycles. The number of pyridine rings is 1. The summed E-state index contributed by atoms with van der Waals surface area (Å²) in [4.78, 5) is 24.9. The van der Waals surface area contributed by atoms with Crippen molar-refractivity contribution in [1.29, 1.82) is 0 Å². The second-order valence-corrected chi connectivity index (χ2v) is 12.1. The molecule has 3 atom stereocenters. The van der Waals surface area contributed by atoms with Gasteiger partial charge in [-0.1, -0.05) is 0 Å². The van der Waals surface area contributed by atoms with Crippen molar-refractivity contribution in [2.45, 2.75) is 44.3 Å². The number of imidazole rings is 1. The van der Waals surface area contributed by atoms with Crippen LogP contribution in [0.15, 0.2) is 60.9 Å². The van der Waals surface area contributed by atoms with Gasteiger partial charge in [-0.2, -0.15) is 0 Å². The lowest BCUT2D eigenvalue weighted by Crippen LogP contribution is -2.41. The van der Waals surface area contributed by atoms with Crippen molar-refractivity contribution >= 4 is 27.8 Å². The predicted octanol–water partition coefficient (Wildman–Crippen LogP) is 5.36. The standard InChI is InChI=1S/C33H34N6O3/c1-37-31-25(12-22(14-29(31)41-2)33(40)39-18-21-8-10-26(39)30(21)34)36-32(37)28-13-20-7-9-23(42-24-4-3-11-35-16-24)15-27(20)38(28)17-19-5-6-19/h3-4,7,9,11-16,19,21,26,30H,5-6,8,10,17-18,34H2,1-2H3/t21-,26-,30-/m1/s1. The van der Waals surface area contributed by atoms with Crippen molar-refractivity contribution in [2.75, 3.05) is 13.7 Å². The van der Waals surface area contributed by atoms with E-state index in [0.717, 1.165) is 65.1 Å². The highest BCUT2D eigenvalue weighted by molar-refractivity contribution is 6.00. The first-order valence-corrected chi connectivity index (χ1v) is 14.8. The summed E-state index contributed by atoms with van der Waals surface area (Å²) in [5.74, 6) is 4.00. The highest BCUT2D eigenvalue weighted by atomic mass is 16.5. The van der Waals surface area contributed by atoms with Crippen LogP contribution in [0.2, 0.25) is 0 Å². The van der Waals surface area contributed by atoms with Crippen LogP contribution in [0.5, 0.6) is 17.2 Å². The first-order valence-electron chi connectivity index (χ1n) is 14.8. The fraction of sp³-hybridized carbons (Fsp3) is 0.364. The molecule has 214 valence electrons. The molecule has 3 fully saturated rings. The molecular weight excluding hydrogens is 528 g/mol. The number of carbonyl (C=O) groups is 1. The van der Waals surface area contributed by atoms with Crippen molar-refractivity contribution < 1.29 is 14.3 Å².